The van der Waals surface area contributed by atoms with Gasteiger partial charge in [-0.15, -0.1) is 11.3 Å². The highest BCUT2D eigenvalue weighted by Crippen LogP contribution is 2.41. The van der Waals surface area contributed by atoms with Crippen LogP contribution in [0, 0.1) is 19.8 Å². The molecule has 0 spiro atoms. The normalized spacial score (nSPS) is 14.0. The molecule has 4 aromatic rings. The fraction of sp³-hybridized carbons (Fsp3) is 0.300. The average Bonchev–Trinajstić information content (AvgIpc) is 3.66. The number of nitrogens with zero attached hydrogens (tertiary/aromatic N) is 4. The van der Waals surface area contributed by atoms with E-state index in [4.69, 9.17) is 9.40 Å². The maximum Gasteiger partial charge on any atom is 0.304 e. The number of benzene rings is 1. The van der Waals surface area contributed by atoms with Crippen molar-refractivity contribution >= 4 is 40.1 Å². The smallest absolute Gasteiger partial charge is 0.304 e. The standard InChI is InChI=1S/C30H30N4O5S/c1-18-27(21-11-12-24(31-16-21)34-13-7-10-25(34)35)28(19(2)39-18)23-17-40-30(32-23)33(3)29(38)22(15-26(36)37)14-20-8-5-4-6-9-20/h4-6,8-9,11-12,16-17,22H,7,10,13-15H2,1-3H3,(H,36,37). The molecular weight excluding hydrogens is 528 g/mol. The molecule has 0 saturated carbocycles. The number of carbonyl (C=O) groups is 3. The second kappa shape index (κ2) is 11.4. The molecule has 1 aliphatic heterocycles. The van der Waals surface area contributed by atoms with E-state index in [-0.39, 0.29) is 18.2 Å². The number of hydrogen-bond donors (Lipinski definition) is 1. The van der Waals surface area contributed by atoms with E-state index >= 15 is 0 Å². The van der Waals surface area contributed by atoms with Crippen molar-refractivity contribution in [2.24, 2.45) is 5.92 Å². The molecule has 1 atom stereocenters. The van der Waals surface area contributed by atoms with Gasteiger partial charge in [0.05, 0.1) is 23.6 Å². The lowest BCUT2D eigenvalue weighted by atomic mass is 9.95. The van der Waals surface area contributed by atoms with E-state index in [2.05, 4.69) is 4.98 Å². The van der Waals surface area contributed by atoms with Crippen molar-refractivity contribution in [3.05, 3.63) is 71.1 Å². The first-order valence-electron chi connectivity index (χ1n) is 13.1. The highest BCUT2D eigenvalue weighted by atomic mass is 32.1. The summed E-state index contributed by atoms with van der Waals surface area (Å²) >= 11 is 1.31. The molecule has 2 amide bonds. The Balaban J connectivity index is 1.41. The second-order valence-electron chi connectivity index (χ2n) is 9.92. The van der Waals surface area contributed by atoms with Crippen LogP contribution < -0.4 is 9.80 Å². The van der Waals surface area contributed by atoms with Crippen LogP contribution in [0.15, 0.2) is 58.5 Å². The molecule has 206 valence electrons. The summed E-state index contributed by atoms with van der Waals surface area (Å²) in [7, 11) is 1.63. The van der Waals surface area contributed by atoms with Gasteiger partial charge in [-0.3, -0.25) is 24.2 Å². The van der Waals surface area contributed by atoms with E-state index in [1.165, 1.54) is 16.2 Å². The Labute approximate surface area is 236 Å². The lowest BCUT2D eigenvalue weighted by Crippen LogP contribution is -2.35. The number of amides is 2. The molecule has 0 radical (unpaired) electrons. The van der Waals surface area contributed by atoms with E-state index in [9.17, 15) is 19.5 Å². The van der Waals surface area contributed by atoms with Crippen LogP contribution in [-0.2, 0) is 20.8 Å². The molecule has 4 heterocycles. The molecule has 9 nitrogen and oxygen atoms in total. The van der Waals surface area contributed by atoms with Crippen LogP contribution in [0.2, 0.25) is 0 Å². The van der Waals surface area contributed by atoms with Gasteiger partial charge in [-0.05, 0) is 44.4 Å². The van der Waals surface area contributed by atoms with Gasteiger partial charge >= 0.3 is 5.97 Å². The number of pyridine rings is 1. The predicted molar refractivity (Wildman–Crippen MR) is 153 cm³/mol. The van der Waals surface area contributed by atoms with Crippen LogP contribution >= 0.6 is 11.3 Å². The third-order valence-corrected chi connectivity index (χ3v) is 8.02. The lowest BCUT2D eigenvalue weighted by Gasteiger charge is -2.21. The molecule has 1 unspecified atom stereocenters. The number of carboxylic acids is 1. The van der Waals surface area contributed by atoms with Crippen LogP contribution in [0.3, 0.4) is 0 Å². The summed E-state index contributed by atoms with van der Waals surface area (Å²) in [5, 5.41) is 11.8. The van der Waals surface area contributed by atoms with E-state index in [0.717, 1.165) is 28.7 Å². The number of furan rings is 1. The minimum Gasteiger partial charge on any atom is -0.481 e. The largest absolute Gasteiger partial charge is 0.481 e. The fourth-order valence-electron chi connectivity index (χ4n) is 5.18. The van der Waals surface area contributed by atoms with Gasteiger partial charge < -0.3 is 9.52 Å². The third kappa shape index (κ3) is 5.53. The zero-order chi connectivity index (χ0) is 28.4. The minimum atomic E-state index is -1.02. The highest BCUT2D eigenvalue weighted by Gasteiger charge is 2.29. The molecule has 1 saturated heterocycles. The Hall–Kier alpha value is -4.31. The monoisotopic (exact) mass is 558 g/mol. The van der Waals surface area contributed by atoms with Crippen LogP contribution in [0.4, 0.5) is 10.9 Å². The SMILES string of the molecule is Cc1oc(C)c(-c2csc(N(C)C(=O)C(CC(=O)O)Cc3ccccc3)n2)c1-c1ccc(N2CCCC2=O)nc1. The van der Waals surface area contributed by atoms with Crippen molar-refractivity contribution in [2.45, 2.75) is 39.5 Å². The first kappa shape index (κ1) is 27.3. The van der Waals surface area contributed by atoms with Crippen LogP contribution in [0.5, 0.6) is 0 Å². The summed E-state index contributed by atoms with van der Waals surface area (Å²) in [5.74, 6) is 0.0620. The number of aliphatic carboxylic acids is 1. The number of thiazole rings is 1. The van der Waals surface area contributed by atoms with Gasteiger partial charge in [0.1, 0.15) is 17.3 Å². The van der Waals surface area contributed by atoms with E-state index < -0.39 is 11.9 Å². The van der Waals surface area contributed by atoms with Crippen molar-refractivity contribution in [3.8, 4) is 22.4 Å². The Kier molecular flexibility index (Phi) is 7.79. The van der Waals surface area contributed by atoms with Gasteiger partial charge in [0.25, 0.3) is 0 Å². The van der Waals surface area contributed by atoms with Crippen LogP contribution in [0.1, 0.15) is 36.3 Å². The molecule has 1 aliphatic rings. The molecule has 5 rings (SSSR count). The summed E-state index contributed by atoms with van der Waals surface area (Å²) in [5.41, 5.74) is 4.05. The summed E-state index contributed by atoms with van der Waals surface area (Å²) in [6, 6.07) is 13.2. The Morgan fingerprint density at radius 3 is 2.52 bits per heavy atom. The van der Waals surface area contributed by atoms with Crippen molar-refractivity contribution in [1.29, 1.82) is 0 Å². The first-order chi connectivity index (χ1) is 19.2. The predicted octanol–water partition coefficient (Wildman–Crippen LogP) is 5.51. The number of anilines is 2. The molecule has 40 heavy (non-hydrogen) atoms. The molecule has 3 aromatic heterocycles. The lowest BCUT2D eigenvalue weighted by molar-refractivity contribution is -0.140. The summed E-state index contributed by atoms with van der Waals surface area (Å²) in [4.78, 5) is 49.6. The number of carboxylic acid groups (broad SMARTS) is 1. The van der Waals surface area contributed by atoms with Crippen molar-refractivity contribution < 1.29 is 23.9 Å². The van der Waals surface area contributed by atoms with E-state index in [1.807, 2.05) is 61.7 Å². The van der Waals surface area contributed by atoms with Crippen molar-refractivity contribution in [3.63, 3.8) is 0 Å². The Bertz CT molecular complexity index is 1540. The zero-order valence-corrected chi connectivity index (χ0v) is 23.4. The minimum absolute atomic E-state index is 0.0827. The third-order valence-electron chi connectivity index (χ3n) is 7.11. The number of aromatic nitrogens is 2. The van der Waals surface area contributed by atoms with Crippen molar-refractivity contribution in [2.75, 3.05) is 23.4 Å². The van der Waals surface area contributed by atoms with E-state index in [1.54, 1.807) is 18.1 Å². The Morgan fingerprint density at radius 1 is 1.12 bits per heavy atom. The number of hydrogen-bond acceptors (Lipinski definition) is 7. The summed E-state index contributed by atoms with van der Waals surface area (Å²) in [6.45, 7) is 4.42. The Morgan fingerprint density at radius 2 is 1.88 bits per heavy atom. The quantitative estimate of drug-likeness (QED) is 0.288. The molecule has 10 heteroatoms. The van der Waals surface area contributed by atoms with Gasteiger partial charge in [-0.2, -0.15) is 0 Å². The number of rotatable bonds is 9. The molecule has 0 aliphatic carbocycles. The van der Waals surface area contributed by atoms with Crippen LogP contribution in [-0.4, -0.2) is 46.5 Å². The second-order valence-corrected chi connectivity index (χ2v) is 10.8. The van der Waals surface area contributed by atoms with Gasteiger partial charge in [0, 0.05) is 42.7 Å². The molecule has 1 N–H and O–H groups in total. The maximum atomic E-state index is 13.4. The van der Waals surface area contributed by atoms with Crippen molar-refractivity contribution in [1.82, 2.24) is 9.97 Å². The molecule has 1 fully saturated rings. The van der Waals surface area contributed by atoms with Gasteiger partial charge in [-0.25, -0.2) is 9.97 Å². The van der Waals surface area contributed by atoms with Gasteiger partial charge in [0.2, 0.25) is 11.8 Å². The average molecular weight is 559 g/mol. The number of aryl methyl sites for hydroxylation is 2. The molecule has 1 aromatic carbocycles. The van der Waals surface area contributed by atoms with Gasteiger partial charge in [-0.1, -0.05) is 30.3 Å². The fourth-order valence-corrected chi connectivity index (χ4v) is 5.97. The van der Waals surface area contributed by atoms with Gasteiger partial charge in [0.15, 0.2) is 5.13 Å². The summed E-state index contributed by atoms with van der Waals surface area (Å²) < 4.78 is 5.99. The maximum absolute atomic E-state index is 13.4. The highest BCUT2D eigenvalue weighted by molar-refractivity contribution is 7.14. The molecule has 0 bridgehead atoms. The molecular formula is C30H30N4O5S. The van der Waals surface area contributed by atoms with E-state index in [0.29, 0.717) is 47.6 Å². The topological polar surface area (TPSA) is 117 Å². The summed E-state index contributed by atoms with van der Waals surface area (Å²) in [6.07, 6.45) is 3.17. The zero-order valence-electron chi connectivity index (χ0n) is 22.6. The van der Waals surface area contributed by atoms with Crippen LogP contribution in [0.25, 0.3) is 22.4 Å². The number of carbonyl (C=O) groups excluding carboxylic acids is 2. The first-order valence-corrected chi connectivity index (χ1v) is 14.0.